The molecule has 3 rings (SSSR count). The van der Waals surface area contributed by atoms with Crippen molar-refractivity contribution in [3.63, 3.8) is 0 Å². The van der Waals surface area contributed by atoms with Crippen LogP contribution in [0.3, 0.4) is 0 Å². The second kappa shape index (κ2) is 11.1. The van der Waals surface area contributed by atoms with E-state index in [2.05, 4.69) is 31.4 Å². The van der Waals surface area contributed by atoms with Gasteiger partial charge in [0.1, 0.15) is 6.04 Å². The molecule has 0 aliphatic heterocycles. The third kappa shape index (κ3) is 7.25. The van der Waals surface area contributed by atoms with Gasteiger partial charge in [0.05, 0.1) is 17.0 Å². The smallest absolute Gasteiger partial charge is 0.255 e. The lowest BCUT2D eigenvalue weighted by Gasteiger charge is -2.29. The first-order valence-electron chi connectivity index (χ1n) is 11.4. The minimum atomic E-state index is -3.89. The second-order valence-corrected chi connectivity index (χ2v) is 12.4. The number of rotatable bonds is 7. The summed E-state index contributed by atoms with van der Waals surface area (Å²) >= 11 is 12.3. The first kappa shape index (κ1) is 28.5. The topological polar surface area (TPSA) is 95.6 Å². The zero-order chi connectivity index (χ0) is 27.5. The van der Waals surface area contributed by atoms with Crippen LogP contribution >= 0.6 is 23.2 Å². The van der Waals surface area contributed by atoms with Crippen molar-refractivity contribution in [1.82, 2.24) is 0 Å². The molecule has 3 aromatic rings. The van der Waals surface area contributed by atoms with E-state index in [0.29, 0.717) is 16.9 Å². The highest BCUT2D eigenvalue weighted by atomic mass is 35.5. The summed E-state index contributed by atoms with van der Waals surface area (Å²) < 4.78 is 26.1. The highest BCUT2D eigenvalue weighted by Gasteiger charge is 2.31. The monoisotopic (exact) mass is 561 g/mol. The molecule has 2 amide bonds. The average Bonchev–Trinajstić information content (AvgIpc) is 2.80. The Morgan fingerprint density at radius 2 is 1.49 bits per heavy atom. The van der Waals surface area contributed by atoms with Crippen molar-refractivity contribution in [2.75, 3.05) is 21.2 Å². The van der Waals surface area contributed by atoms with E-state index < -0.39 is 22.0 Å². The van der Waals surface area contributed by atoms with Gasteiger partial charge in [-0.2, -0.15) is 0 Å². The molecule has 0 saturated carbocycles. The Balaban J connectivity index is 1.77. The molecular weight excluding hydrogens is 533 g/mol. The largest absolute Gasteiger partial charge is 0.324 e. The molecule has 0 aliphatic carbocycles. The van der Waals surface area contributed by atoms with E-state index in [1.165, 1.54) is 25.1 Å². The predicted molar refractivity (Wildman–Crippen MR) is 151 cm³/mol. The minimum absolute atomic E-state index is 0.0243. The summed E-state index contributed by atoms with van der Waals surface area (Å²) in [5.74, 6) is -0.890. The van der Waals surface area contributed by atoms with Crippen molar-refractivity contribution in [2.45, 2.75) is 39.2 Å². The van der Waals surface area contributed by atoms with Gasteiger partial charge in [0.2, 0.25) is 15.9 Å². The lowest BCUT2D eigenvalue weighted by atomic mass is 9.87. The number of nitrogens with one attached hydrogen (secondary N) is 2. The van der Waals surface area contributed by atoms with Crippen LogP contribution in [0.4, 0.5) is 17.1 Å². The maximum absolute atomic E-state index is 13.1. The van der Waals surface area contributed by atoms with E-state index in [4.69, 9.17) is 23.2 Å². The summed E-state index contributed by atoms with van der Waals surface area (Å²) in [4.78, 5) is 25.8. The molecule has 10 heteroatoms. The molecule has 37 heavy (non-hydrogen) atoms. The van der Waals surface area contributed by atoms with Crippen molar-refractivity contribution in [2.24, 2.45) is 0 Å². The number of hydrogen-bond acceptors (Lipinski definition) is 4. The van der Waals surface area contributed by atoms with Crippen molar-refractivity contribution >= 4 is 62.1 Å². The molecule has 0 unspecified atom stereocenters. The SMILES string of the molecule is C[C@H](C(=O)Nc1cccc(NC(=O)c2ccc(C(C)(C)C)cc2)c1)N(c1cc(Cl)ccc1Cl)S(C)(=O)=O. The van der Waals surface area contributed by atoms with Crippen LogP contribution in [0.1, 0.15) is 43.6 Å². The summed E-state index contributed by atoms with van der Waals surface area (Å²) in [6, 6.07) is 17.2. The van der Waals surface area contributed by atoms with E-state index in [-0.39, 0.29) is 27.1 Å². The lowest BCUT2D eigenvalue weighted by Crippen LogP contribution is -2.45. The number of carbonyl (C=O) groups is 2. The number of halogens is 2. The Bertz CT molecular complexity index is 1420. The van der Waals surface area contributed by atoms with Gasteiger partial charge in [-0.1, -0.05) is 62.2 Å². The number of hydrogen-bond donors (Lipinski definition) is 2. The van der Waals surface area contributed by atoms with Crippen molar-refractivity contribution in [3.8, 4) is 0 Å². The summed E-state index contributed by atoms with van der Waals surface area (Å²) in [7, 11) is -3.89. The van der Waals surface area contributed by atoms with Crippen LogP contribution in [-0.4, -0.2) is 32.5 Å². The van der Waals surface area contributed by atoms with Gasteiger partial charge in [-0.05, 0) is 66.4 Å². The highest BCUT2D eigenvalue weighted by Crippen LogP contribution is 2.32. The number of sulfonamides is 1. The standard InChI is InChI=1S/C27H29Cl2N3O4S/c1-17(32(37(5,35)36)24-15-20(28)13-14-23(24)29)25(33)30-21-7-6-8-22(16-21)31-26(34)18-9-11-19(12-10-18)27(2,3)4/h6-17H,1-5H3,(H,30,33)(H,31,34)/t17-/m1/s1. The van der Waals surface area contributed by atoms with E-state index >= 15 is 0 Å². The maximum Gasteiger partial charge on any atom is 0.255 e. The van der Waals surface area contributed by atoms with Gasteiger partial charge in [0, 0.05) is 22.0 Å². The van der Waals surface area contributed by atoms with Gasteiger partial charge in [-0.3, -0.25) is 13.9 Å². The van der Waals surface area contributed by atoms with Crippen LogP contribution in [0.5, 0.6) is 0 Å². The molecule has 0 saturated heterocycles. The molecule has 3 aromatic carbocycles. The van der Waals surface area contributed by atoms with Gasteiger partial charge in [-0.25, -0.2) is 8.42 Å². The lowest BCUT2D eigenvalue weighted by molar-refractivity contribution is -0.116. The van der Waals surface area contributed by atoms with Gasteiger partial charge < -0.3 is 10.6 Å². The maximum atomic E-state index is 13.1. The Morgan fingerprint density at radius 3 is 2.05 bits per heavy atom. The molecule has 0 heterocycles. The van der Waals surface area contributed by atoms with E-state index in [1.807, 2.05) is 12.1 Å². The normalized spacial score (nSPS) is 12.5. The zero-order valence-corrected chi connectivity index (χ0v) is 23.5. The van der Waals surface area contributed by atoms with Gasteiger partial charge in [-0.15, -0.1) is 0 Å². The van der Waals surface area contributed by atoms with Crippen LogP contribution in [0.2, 0.25) is 10.0 Å². The van der Waals surface area contributed by atoms with Crippen molar-refractivity contribution in [3.05, 3.63) is 87.9 Å². The number of benzene rings is 3. The van der Waals surface area contributed by atoms with E-state index in [0.717, 1.165) is 16.1 Å². The fourth-order valence-electron chi connectivity index (χ4n) is 3.68. The summed E-state index contributed by atoms with van der Waals surface area (Å²) in [5.41, 5.74) is 2.53. The highest BCUT2D eigenvalue weighted by molar-refractivity contribution is 7.92. The zero-order valence-electron chi connectivity index (χ0n) is 21.2. The number of nitrogens with zero attached hydrogens (tertiary/aromatic N) is 1. The Kier molecular flexibility index (Phi) is 8.57. The first-order valence-corrected chi connectivity index (χ1v) is 14.0. The van der Waals surface area contributed by atoms with Gasteiger partial charge in [0.15, 0.2) is 0 Å². The van der Waals surface area contributed by atoms with E-state index in [1.54, 1.807) is 36.4 Å². The molecule has 0 aliphatic rings. The Labute approximate surface area is 227 Å². The number of carbonyl (C=O) groups excluding carboxylic acids is 2. The molecule has 0 aromatic heterocycles. The van der Waals surface area contributed by atoms with Crippen LogP contribution in [0.15, 0.2) is 66.7 Å². The van der Waals surface area contributed by atoms with Gasteiger partial charge >= 0.3 is 0 Å². The number of anilines is 3. The fraction of sp³-hybridized carbons (Fsp3) is 0.259. The second-order valence-electron chi connectivity index (χ2n) is 9.68. The third-order valence-corrected chi connectivity index (χ3v) is 7.42. The third-order valence-electron chi connectivity index (χ3n) is 5.64. The van der Waals surface area contributed by atoms with Crippen molar-refractivity contribution in [1.29, 1.82) is 0 Å². The molecule has 196 valence electrons. The molecule has 0 radical (unpaired) electrons. The molecule has 0 fully saturated rings. The summed E-state index contributed by atoms with van der Waals surface area (Å²) in [5, 5.41) is 5.93. The van der Waals surface area contributed by atoms with Crippen LogP contribution in [0.25, 0.3) is 0 Å². The predicted octanol–water partition coefficient (Wildman–Crippen LogP) is 6.34. The molecule has 0 bridgehead atoms. The quantitative estimate of drug-likeness (QED) is 0.352. The molecule has 1 atom stereocenters. The van der Waals surface area contributed by atoms with Crippen molar-refractivity contribution < 1.29 is 18.0 Å². The molecule has 7 nitrogen and oxygen atoms in total. The minimum Gasteiger partial charge on any atom is -0.324 e. The van der Waals surface area contributed by atoms with E-state index in [9.17, 15) is 18.0 Å². The average molecular weight is 563 g/mol. The first-order chi connectivity index (χ1) is 17.2. The number of amides is 2. The molecule has 0 spiro atoms. The fourth-order valence-corrected chi connectivity index (χ4v) is 5.29. The Hall–Kier alpha value is -3.07. The summed E-state index contributed by atoms with van der Waals surface area (Å²) in [6.45, 7) is 7.74. The molecular formula is C27H29Cl2N3O4S. The van der Waals surface area contributed by atoms with Gasteiger partial charge in [0.25, 0.3) is 5.91 Å². The molecule has 2 N–H and O–H groups in total. The van der Waals surface area contributed by atoms with Crippen LogP contribution < -0.4 is 14.9 Å². The van der Waals surface area contributed by atoms with Crippen LogP contribution in [0, 0.1) is 0 Å². The van der Waals surface area contributed by atoms with Crippen LogP contribution in [-0.2, 0) is 20.2 Å². The summed E-state index contributed by atoms with van der Waals surface area (Å²) in [6.07, 6.45) is 0.984. The Morgan fingerprint density at radius 1 is 0.892 bits per heavy atom.